The van der Waals surface area contributed by atoms with E-state index < -0.39 is 6.10 Å². The lowest BCUT2D eigenvalue weighted by Gasteiger charge is -2.17. The van der Waals surface area contributed by atoms with Crippen LogP contribution in [0.4, 0.5) is 0 Å². The summed E-state index contributed by atoms with van der Waals surface area (Å²) in [7, 11) is 0. The van der Waals surface area contributed by atoms with E-state index in [1.165, 1.54) is 11.1 Å². The summed E-state index contributed by atoms with van der Waals surface area (Å²) in [6.07, 6.45) is 3.84. The summed E-state index contributed by atoms with van der Waals surface area (Å²) in [5, 5.41) is 16.4. The molecule has 4 rings (SSSR count). The monoisotopic (exact) mass is 421 g/mol. The van der Waals surface area contributed by atoms with Gasteiger partial charge in [-0.15, -0.1) is 0 Å². The standard InChI is InChI=1S/C25H31N3O3/c29-23(16-26-22-14-20-5-1-2-6-21(20)15-22)17-27-25(31)19-9-7-18(8-10-19)13-24(30)28-11-3-4-12-28/h1-2,5-10,22-23,26,29H,3-4,11-17H2,(H,27,31). The van der Waals surface area contributed by atoms with E-state index >= 15 is 0 Å². The molecular formula is C25H31N3O3. The van der Waals surface area contributed by atoms with Gasteiger partial charge in [0, 0.05) is 37.8 Å². The Labute approximate surface area is 183 Å². The van der Waals surface area contributed by atoms with Crippen molar-refractivity contribution in [2.45, 2.75) is 44.2 Å². The lowest BCUT2D eigenvalue weighted by Crippen LogP contribution is -2.41. The molecule has 1 unspecified atom stereocenters. The van der Waals surface area contributed by atoms with Crippen LogP contribution in [0.3, 0.4) is 0 Å². The third-order valence-electron chi connectivity index (χ3n) is 6.22. The number of carbonyl (C=O) groups excluding carboxylic acids is 2. The van der Waals surface area contributed by atoms with Crippen LogP contribution in [-0.4, -0.2) is 60.1 Å². The van der Waals surface area contributed by atoms with Crippen LogP contribution in [0.2, 0.25) is 0 Å². The Morgan fingerprint density at radius 2 is 1.61 bits per heavy atom. The minimum absolute atomic E-state index is 0.149. The van der Waals surface area contributed by atoms with Crippen LogP contribution in [0.25, 0.3) is 0 Å². The molecule has 2 aromatic carbocycles. The number of carbonyl (C=O) groups is 2. The van der Waals surface area contributed by atoms with Gasteiger partial charge in [0.2, 0.25) is 5.91 Å². The number of likely N-dealkylation sites (tertiary alicyclic amines) is 1. The van der Waals surface area contributed by atoms with E-state index in [4.69, 9.17) is 0 Å². The summed E-state index contributed by atoms with van der Waals surface area (Å²) in [5.74, 6) is -0.0691. The van der Waals surface area contributed by atoms with Gasteiger partial charge in [0.15, 0.2) is 0 Å². The molecule has 1 heterocycles. The van der Waals surface area contributed by atoms with Crippen LogP contribution >= 0.6 is 0 Å². The van der Waals surface area contributed by atoms with Crippen LogP contribution in [0, 0.1) is 0 Å². The van der Waals surface area contributed by atoms with Crippen molar-refractivity contribution < 1.29 is 14.7 Å². The fraction of sp³-hybridized carbons (Fsp3) is 0.440. The normalized spacial score (nSPS) is 16.9. The van der Waals surface area contributed by atoms with Crippen LogP contribution in [-0.2, 0) is 24.1 Å². The van der Waals surface area contributed by atoms with Crippen molar-refractivity contribution in [3.8, 4) is 0 Å². The number of fused-ring (bicyclic) bond motifs is 1. The van der Waals surface area contributed by atoms with Gasteiger partial charge in [0.25, 0.3) is 5.91 Å². The fourth-order valence-electron chi connectivity index (χ4n) is 4.42. The summed E-state index contributed by atoms with van der Waals surface area (Å²) in [4.78, 5) is 26.5. The Kier molecular flexibility index (Phi) is 6.99. The average Bonchev–Trinajstić information content (AvgIpc) is 3.46. The highest BCUT2D eigenvalue weighted by Gasteiger charge is 2.21. The number of nitrogens with one attached hydrogen (secondary N) is 2. The van der Waals surface area contributed by atoms with Gasteiger partial charge in [0.1, 0.15) is 0 Å². The molecule has 1 fully saturated rings. The van der Waals surface area contributed by atoms with E-state index in [1.807, 2.05) is 17.0 Å². The first-order valence-corrected chi connectivity index (χ1v) is 11.2. The summed E-state index contributed by atoms with van der Waals surface area (Å²) < 4.78 is 0. The molecular weight excluding hydrogens is 390 g/mol. The Bertz CT molecular complexity index is 881. The molecule has 1 aliphatic heterocycles. The summed E-state index contributed by atoms with van der Waals surface area (Å²) in [6, 6.07) is 15.9. The molecule has 0 spiro atoms. The molecule has 164 valence electrons. The van der Waals surface area contributed by atoms with E-state index in [2.05, 4.69) is 34.9 Å². The number of aliphatic hydroxyl groups excluding tert-OH is 1. The molecule has 0 bridgehead atoms. The zero-order chi connectivity index (χ0) is 21.6. The third-order valence-corrected chi connectivity index (χ3v) is 6.22. The Morgan fingerprint density at radius 3 is 2.26 bits per heavy atom. The lowest BCUT2D eigenvalue weighted by atomic mass is 10.1. The first-order chi connectivity index (χ1) is 15.1. The predicted molar refractivity (Wildman–Crippen MR) is 120 cm³/mol. The highest BCUT2D eigenvalue weighted by molar-refractivity contribution is 5.94. The molecule has 2 amide bonds. The second-order valence-electron chi connectivity index (χ2n) is 8.61. The number of aliphatic hydroxyl groups is 1. The number of nitrogens with zero attached hydrogens (tertiary/aromatic N) is 1. The highest BCUT2D eigenvalue weighted by atomic mass is 16.3. The Balaban J connectivity index is 1.17. The number of rotatable bonds is 8. The molecule has 0 saturated carbocycles. The molecule has 3 N–H and O–H groups in total. The predicted octanol–water partition coefficient (Wildman–Crippen LogP) is 1.70. The molecule has 6 heteroatoms. The lowest BCUT2D eigenvalue weighted by molar-refractivity contribution is -0.129. The van der Waals surface area contributed by atoms with Crippen molar-refractivity contribution in [1.82, 2.24) is 15.5 Å². The summed E-state index contributed by atoms with van der Waals surface area (Å²) >= 11 is 0. The first kappa shape index (κ1) is 21.5. The van der Waals surface area contributed by atoms with Crippen LogP contribution in [0.15, 0.2) is 48.5 Å². The Hall–Kier alpha value is -2.70. The van der Waals surface area contributed by atoms with E-state index in [0.29, 0.717) is 24.6 Å². The van der Waals surface area contributed by atoms with E-state index in [0.717, 1.165) is 44.3 Å². The largest absolute Gasteiger partial charge is 0.390 e. The molecule has 31 heavy (non-hydrogen) atoms. The Morgan fingerprint density at radius 1 is 0.968 bits per heavy atom. The average molecular weight is 422 g/mol. The van der Waals surface area contributed by atoms with Gasteiger partial charge in [-0.2, -0.15) is 0 Å². The maximum absolute atomic E-state index is 12.4. The van der Waals surface area contributed by atoms with Gasteiger partial charge >= 0.3 is 0 Å². The second-order valence-corrected chi connectivity index (χ2v) is 8.61. The van der Waals surface area contributed by atoms with Crippen LogP contribution in [0.5, 0.6) is 0 Å². The summed E-state index contributed by atoms with van der Waals surface area (Å²) in [6.45, 7) is 2.34. The quantitative estimate of drug-likeness (QED) is 0.606. The molecule has 2 aliphatic rings. The smallest absolute Gasteiger partial charge is 0.251 e. The molecule has 2 aromatic rings. The van der Waals surface area contributed by atoms with E-state index in [-0.39, 0.29) is 18.4 Å². The van der Waals surface area contributed by atoms with Gasteiger partial charge in [-0.25, -0.2) is 0 Å². The van der Waals surface area contributed by atoms with E-state index in [1.54, 1.807) is 12.1 Å². The number of benzene rings is 2. The minimum Gasteiger partial charge on any atom is -0.390 e. The number of hydrogen-bond acceptors (Lipinski definition) is 4. The maximum Gasteiger partial charge on any atom is 0.251 e. The first-order valence-electron chi connectivity index (χ1n) is 11.2. The molecule has 1 saturated heterocycles. The maximum atomic E-state index is 12.4. The minimum atomic E-state index is -0.648. The third kappa shape index (κ3) is 5.71. The van der Waals surface area contributed by atoms with Crippen molar-refractivity contribution in [2.75, 3.05) is 26.2 Å². The zero-order valence-electron chi connectivity index (χ0n) is 17.8. The summed E-state index contributed by atoms with van der Waals surface area (Å²) in [5.41, 5.74) is 4.18. The van der Waals surface area contributed by atoms with Crippen molar-refractivity contribution in [3.05, 3.63) is 70.8 Å². The van der Waals surface area contributed by atoms with Gasteiger partial charge < -0.3 is 20.6 Å². The highest BCUT2D eigenvalue weighted by Crippen LogP contribution is 2.21. The zero-order valence-corrected chi connectivity index (χ0v) is 17.8. The van der Waals surface area contributed by atoms with Crippen molar-refractivity contribution in [1.29, 1.82) is 0 Å². The number of amides is 2. The van der Waals surface area contributed by atoms with Gasteiger partial charge in [0.05, 0.1) is 12.5 Å². The molecule has 1 atom stereocenters. The van der Waals surface area contributed by atoms with E-state index in [9.17, 15) is 14.7 Å². The molecule has 1 aliphatic carbocycles. The van der Waals surface area contributed by atoms with Gasteiger partial charge in [-0.1, -0.05) is 36.4 Å². The van der Waals surface area contributed by atoms with Crippen molar-refractivity contribution in [3.63, 3.8) is 0 Å². The second kappa shape index (κ2) is 10.1. The SMILES string of the molecule is O=C(NCC(O)CNC1Cc2ccccc2C1)c1ccc(CC(=O)N2CCCC2)cc1. The van der Waals surface area contributed by atoms with Gasteiger partial charge in [-0.05, 0) is 54.5 Å². The molecule has 0 radical (unpaired) electrons. The van der Waals surface area contributed by atoms with Gasteiger partial charge in [-0.3, -0.25) is 9.59 Å². The van der Waals surface area contributed by atoms with Crippen molar-refractivity contribution >= 4 is 11.8 Å². The topological polar surface area (TPSA) is 81.7 Å². The molecule has 0 aromatic heterocycles. The van der Waals surface area contributed by atoms with Crippen LogP contribution < -0.4 is 10.6 Å². The molecule has 6 nitrogen and oxygen atoms in total. The van der Waals surface area contributed by atoms with Crippen LogP contribution in [0.1, 0.15) is 39.9 Å². The number of hydrogen-bond donors (Lipinski definition) is 3. The van der Waals surface area contributed by atoms with Crippen molar-refractivity contribution in [2.24, 2.45) is 0 Å². The fourth-order valence-corrected chi connectivity index (χ4v) is 4.42.